The van der Waals surface area contributed by atoms with E-state index in [-0.39, 0.29) is 0 Å². The van der Waals surface area contributed by atoms with Gasteiger partial charge in [-0.05, 0) is 36.8 Å². The van der Waals surface area contributed by atoms with Crippen LogP contribution in [0, 0.1) is 6.92 Å². The number of para-hydroxylation sites is 1. The number of aryl methyl sites for hydroxylation is 1. The number of nitrogens with zero attached hydrogens (tertiary/aromatic N) is 2. The van der Waals surface area contributed by atoms with Gasteiger partial charge in [-0.15, -0.1) is 0 Å². The topological polar surface area (TPSA) is 76.8 Å². The Kier molecular flexibility index (Phi) is 3.39. The summed E-state index contributed by atoms with van der Waals surface area (Å²) in [6, 6.07) is 17.6. The number of hydrogen-bond acceptors (Lipinski definition) is 4. The maximum absolute atomic E-state index is 6.04. The molecule has 0 aliphatic heterocycles. The first-order chi connectivity index (χ1) is 11.7. The molecule has 0 spiro atoms. The molecule has 4 aromatic rings. The minimum absolute atomic E-state index is 0.476. The van der Waals surface area contributed by atoms with Crippen LogP contribution in [0.1, 0.15) is 5.69 Å². The van der Waals surface area contributed by atoms with Gasteiger partial charge in [0.1, 0.15) is 29.3 Å². The molecule has 0 fully saturated rings. The molecule has 0 unspecified atom stereocenters. The molecule has 0 amide bonds. The van der Waals surface area contributed by atoms with Crippen molar-refractivity contribution in [2.75, 3.05) is 5.73 Å². The molecule has 5 nitrogen and oxygen atoms in total. The van der Waals surface area contributed by atoms with Crippen molar-refractivity contribution >= 4 is 16.9 Å². The Morgan fingerprint density at radius 3 is 2.38 bits per heavy atom. The zero-order valence-electron chi connectivity index (χ0n) is 13.2. The van der Waals surface area contributed by atoms with E-state index in [0.29, 0.717) is 5.82 Å². The number of nitrogens with one attached hydrogen (secondary N) is 1. The van der Waals surface area contributed by atoms with E-state index in [2.05, 4.69) is 15.0 Å². The highest BCUT2D eigenvalue weighted by Gasteiger charge is 2.14. The van der Waals surface area contributed by atoms with Crippen LogP contribution in [0.15, 0.2) is 60.9 Å². The number of ether oxygens (including phenoxy) is 1. The molecule has 2 heterocycles. The van der Waals surface area contributed by atoms with Gasteiger partial charge >= 0.3 is 0 Å². The number of nitrogen functional groups attached to an aromatic ring is 1. The van der Waals surface area contributed by atoms with E-state index in [0.717, 1.165) is 39.4 Å². The van der Waals surface area contributed by atoms with E-state index >= 15 is 0 Å². The normalized spacial score (nSPS) is 10.9. The zero-order valence-corrected chi connectivity index (χ0v) is 13.2. The lowest BCUT2D eigenvalue weighted by Crippen LogP contribution is -1.92. The van der Waals surface area contributed by atoms with E-state index in [4.69, 9.17) is 10.5 Å². The van der Waals surface area contributed by atoms with Crippen LogP contribution >= 0.6 is 0 Å². The fourth-order valence-electron chi connectivity index (χ4n) is 2.84. The number of H-pyrrole nitrogens is 1. The molecule has 0 aliphatic carbocycles. The van der Waals surface area contributed by atoms with Gasteiger partial charge in [0.05, 0.1) is 5.39 Å². The van der Waals surface area contributed by atoms with Crippen molar-refractivity contribution in [1.29, 1.82) is 0 Å². The average molecular weight is 316 g/mol. The van der Waals surface area contributed by atoms with E-state index in [1.165, 1.54) is 6.33 Å². The highest BCUT2D eigenvalue weighted by molar-refractivity contribution is 6.01. The molecule has 0 atom stereocenters. The lowest BCUT2D eigenvalue weighted by molar-refractivity contribution is 0.483. The van der Waals surface area contributed by atoms with Crippen molar-refractivity contribution in [1.82, 2.24) is 15.0 Å². The fraction of sp³-hybridized carbons (Fsp3) is 0.0526. The molecule has 0 radical (unpaired) electrons. The zero-order chi connectivity index (χ0) is 16.5. The first-order valence-electron chi connectivity index (χ1n) is 7.64. The smallest absolute Gasteiger partial charge is 0.143 e. The van der Waals surface area contributed by atoms with E-state index in [9.17, 15) is 0 Å². The summed E-state index contributed by atoms with van der Waals surface area (Å²) in [7, 11) is 0. The summed E-state index contributed by atoms with van der Waals surface area (Å²) in [5, 5.41) is 0.853. The van der Waals surface area contributed by atoms with Crippen molar-refractivity contribution in [3.05, 3.63) is 66.6 Å². The van der Waals surface area contributed by atoms with Gasteiger partial charge in [0.2, 0.25) is 0 Å². The Labute approximate surface area is 139 Å². The largest absolute Gasteiger partial charge is 0.457 e. The van der Waals surface area contributed by atoms with Crippen molar-refractivity contribution in [2.24, 2.45) is 0 Å². The van der Waals surface area contributed by atoms with Crippen LogP contribution in [0.3, 0.4) is 0 Å². The SMILES string of the molecule is Cc1[nH]c2ncnc(N)c2c1-c1ccc(Oc2ccccc2)cc1. The summed E-state index contributed by atoms with van der Waals surface area (Å²) in [5.41, 5.74) is 9.87. The van der Waals surface area contributed by atoms with Crippen LogP contribution in [0.5, 0.6) is 11.5 Å². The summed E-state index contributed by atoms with van der Waals surface area (Å²) in [5.74, 6) is 2.07. The molecule has 5 heteroatoms. The second-order valence-corrected chi connectivity index (χ2v) is 5.55. The standard InChI is InChI=1S/C19H16N4O/c1-12-16(17-18(20)21-11-22-19(17)23-12)13-7-9-15(10-8-13)24-14-5-3-2-4-6-14/h2-11H,1H3,(H3,20,21,22,23). The van der Waals surface area contributed by atoms with E-state index in [1.54, 1.807) is 0 Å². The number of hydrogen-bond donors (Lipinski definition) is 2. The molecule has 0 bridgehead atoms. The third kappa shape index (κ3) is 2.46. The number of aromatic nitrogens is 3. The average Bonchev–Trinajstić information content (AvgIpc) is 2.94. The Hall–Kier alpha value is -3.34. The van der Waals surface area contributed by atoms with Crippen LogP contribution in [0.2, 0.25) is 0 Å². The fourth-order valence-corrected chi connectivity index (χ4v) is 2.84. The van der Waals surface area contributed by atoms with Gasteiger partial charge in [-0.1, -0.05) is 30.3 Å². The number of rotatable bonds is 3. The summed E-state index contributed by atoms with van der Waals surface area (Å²) < 4.78 is 5.83. The second-order valence-electron chi connectivity index (χ2n) is 5.55. The van der Waals surface area contributed by atoms with Gasteiger partial charge in [-0.2, -0.15) is 0 Å². The molecule has 0 saturated carbocycles. The molecule has 2 aromatic heterocycles. The molecule has 24 heavy (non-hydrogen) atoms. The number of aromatic amines is 1. The second kappa shape index (κ2) is 5.70. The third-order valence-corrected chi connectivity index (χ3v) is 3.93. The summed E-state index contributed by atoms with van der Waals surface area (Å²) in [4.78, 5) is 11.6. The highest BCUT2D eigenvalue weighted by Crippen LogP contribution is 2.35. The van der Waals surface area contributed by atoms with E-state index in [1.807, 2.05) is 61.5 Å². The Balaban J connectivity index is 1.72. The highest BCUT2D eigenvalue weighted by atomic mass is 16.5. The van der Waals surface area contributed by atoms with Gasteiger partial charge in [-0.25, -0.2) is 9.97 Å². The number of fused-ring (bicyclic) bond motifs is 1. The Morgan fingerprint density at radius 1 is 0.917 bits per heavy atom. The molecule has 0 aliphatic rings. The maximum Gasteiger partial charge on any atom is 0.143 e. The summed E-state index contributed by atoms with van der Waals surface area (Å²) in [6.07, 6.45) is 1.47. The van der Waals surface area contributed by atoms with Crippen LogP contribution < -0.4 is 10.5 Å². The molecular weight excluding hydrogens is 300 g/mol. The van der Waals surface area contributed by atoms with Crippen LogP contribution in [-0.2, 0) is 0 Å². The molecule has 0 saturated heterocycles. The van der Waals surface area contributed by atoms with Gasteiger partial charge in [0.15, 0.2) is 0 Å². The van der Waals surface area contributed by atoms with E-state index < -0.39 is 0 Å². The quantitative estimate of drug-likeness (QED) is 0.590. The number of benzene rings is 2. The molecule has 3 N–H and O–H groups in total. The predicted octanol–water partition coefficient (Wildman–Crippen LogP) is 4.31. The van der Waals surface area contributed by atoms with Crippen molar-refractivity contribution in [2.45, 2.75) is 6.92 Å². The first kappa shape index (κ1) is 14.3. The Morgan fingerprint density at radius 2 is 1.62 bits per heavy atom. The van der Waals surface area contributed by atoms with Crippen LogP contribution in [-0.4, -0.2) is 15.0 Å². The van der Waals surface area contributed by atoms with Gasteiger partial charge in [-0.3, -0.25) is 0 Å². The summed E-state index contributed by atoms with van der Waals surface area (Å²) in [6.45, 7) is 2.00. The lowest BCUT2D eigenvalue weighted by atomic mass is 10.0. The van der Waals surface area contributed by atoms with Gasteiger partial charge in [0.25, 0.3) is 0 Å². The van der Waals surface area contributed by atoms with Gasteiger partial charge in [0, 0.05) is 11.3 Å². The monoisotopic (exact) mass is 316 g/mol. The van der Waals surface area contributed by atoms with Gasteiger partial charge < -0.3 is 15.5 Å². The number of anilines is 1. The number of nitrogens with two attached hydrogens (primary N) is 1. The molecule has 2 aromatic carbocycles. The summed E-state index contributed by atoms with van der Waals surface area (Å²) >= 11 is 0. The third-order valence-electron chi connectivity index (χ3n) is 3.93. The van der Waals surface area contributed by atoms with Crippen molar-refractivity contribution in [3.8, 4) is 22.6 Å². The molecule has 4 rings (SSSR count). The maximum atomic E-state index is 6.04. The van der Waals surface area contributed by atoms with Crippen molar-refractivity contribution in [3.63, 3.8) is 0 Å². The minimum atomic E-state index is 0.476. The predicted molar refractivity (Wildman–Crippen MR) is 95.0 cm³/mol. The van der Waals surface area contributed by atoms with Crippen LogP contribution in [0.4, 0.5) is 5.82 Å². The molecule has 118 valence electrons. The van der Waals surface area contributed by atoms with Crippen LogP contribution in [0.25, 0.3) is 22.2 Å². The lowest BCUT2D eigenvalue weighted by Gasteiger charge is -2.07. The Bertz CT molecular complexity index is 991. The molecular formula is C19H16N4O. The van der Waals surface area contributed by atoms with Crippen molar-refractivity contribution < 1.29 is 4.74 Å². The first-order valence-corrected chi connectivity index (χ1v) is 7.64. The minimum Gasteiger partial charge on any atom is -0.457 e.